The fourth-order valence-electron chi connectivity index (χ4n) is 5.55. The number of carbonyl (C=O) groups is 3. The van der Waals surface area contributed by atoms with E-state index in [0.29, 0.717) is 19.3 Å². The summed E-state index contributed by atoms with van der Waals surface area (Å²) in [4.78, 5) is 37.5. The van der Waals surface area contributed by atoms with E-state index >= 15 is 0 Å². The fraction of sp³-hybridized carbons (Fsp3) is 0.653. The summed E-state index contributed by atoms with van der Waals surface area (Å²) in [6, 6.07) is 0. The predicted molar refractivity (Wildman–Crippen MR) is 233 cm³/mol. The Kier molecular flexibility index (Phi) is 40.6. The van der Waals surface area contributed by atoms with Gasteiger partial charge in [0.1, 0.15) is 13.2 Å². The summed E-state index contributed by atoms with van der Waals surface area (Å²) < 4.78 is 16.6. The van der Waals surface area contributed by atoms with Gasteiger partial charge in [0.15, 0.2) is 6.10 Å². The monoisotopic (exact) mass is 765 g/mol. The van der Waals surface area contributed by atoms with E-state index in [4.69, 9.17) is 14.2 Å². The maximum Gasteiger partial charge on any atom is 0.306 e. The summed E-state index contributed by atoms with van der Waals surface area (Å²) in [6.45, 7) is 6.33. The molecule has 0 spiro atoms. The normalized spacial score (nSPS) is 12.9. The standard InChI is InChI=1S/C49H80O6/c1-4-7-10-13-16-18-20-22-24-25-26-28-29-31-33-36-39-42-48(51)54-45-46(44-53-47(50)41-38-35-15-12-9-6-3)55-49(52)43-40-37-34-32-30-27-23-21-19-17-14-11-8-5-2/h7,10,14,16-18,21-24,26,28,31,33,46H,4-6,8-9,11-13,15,19-20,25,27,29-30,32,34-45H2,1-3H3/b10-7-,17-14-,18-16-,23-21-,24-22-,28-26-,33-31-. The van der Waals surface area contributed by atoms with E-state index in [9.17, 15) is 14.4 Å². The first-order valence-electron chi connectivity index (χ1n) is 22.1. The average molecular weight is 765 g/mol. The Labute approximate surface area is 337 Å². The Morgan fingerprint density at radius 1 is 0.382 bits per heavy atom. The van der Waals surface area contributed by atoms with E-state index in [1.165, 1.54) is 38.5 Å². The largest absolute Gasteiger partial charge is 0.462 e. The second-order valence-electron chi connectivity index (χ2n) is 14.2. The third-order valence-electron chi connectivity index (χ3n) is 8.88. The van der Waals surface area contributed by atoms with Gasteiger partial charge in [-0.15, -0.1) is 0 Å². The van der Waals surface area contributed by atoms with Crippen LogP contribution < -0.4 is 0 Å². The Balaban J connectivity index is 4.42. The maximum atomic E-state index is 12.7. The summed E-state index contributed by atoms with van der Waals surface area (Å²) in [5.74, 6) is -0.996. The van der Waals surface area contributed by atoms with Gasteiger partial charge in [-0.05, 0) is 83.5 Å². The second kappa shape index (κ2) is 43.3. The minimum atomic E-state index is -0.802. The molecule has 0 aromatic carbocycles. The highest BCUT2D eigenvalue weighted by Crippen LogP contribution is 2.12. The van der Waals surface area contributed by atoms with Gasteiger partial charge >= 0.3 is 17.9 Å². The van der Waals surface area contributed by atoms with Crippen LogP contribution in [0.3, 0.4) is 0 Å². The zero-order valence-corrected chi connectivity index (χ0v) is 35.4. The zero-order chi connectivity index (χ0) is 40.1. The van der Waals surface area contributed by atoms with Crippen molar-refractivity contribution in [2.75, 3.05) is 13.2 Å². The number of unbranched alkanes of at least 4 members (excludes halogenated alkanes) is 13. The molecule has 0 rings (SSSR count). The van der Waals surface area contributed by atoms with E-state index in [-0.39, 0.29) is 37.5 Å². The van der Waals surface area contributed by atoms with Crippen LogP contribution in [-0.2, 0) is 28.6 Å². The fourth-order valence-corrected chi connectivity index (χ4v) is 5.55. The third-order valence-corrected chi connectivity index (χ3v) is 8.88. The van der Waals surface area contributed by atoms with Gasteiger partial charge in [0, 0.05) is 19.3 Å². The molecule has 0 heterocycles. The molecule has 0 radical (unpaired) electrons. The molecule has 55 heavy (non-hydrogen) atoms. The molecule has 0 amide bonds. The van der Waals surface area contributed by atoms with Crippen LogP contribution >= 0.6 is 0 Å². The first kappa shape index (κ1) is 51.6. The third kappa shape index (κ3) is 41.6. The van der Waals surface area contributed by atoms with Crippen LogP contribution in [0.1, 0.15) is 188 Å². The SMILES string of the molecule is CC/C=C\C/C=C\C/C=C\C/C=C\C/C=C\CCCC(=O)OCC(COC(=O)CCCCCCCC)OC(=O)CCCCCCC/C=C\C/C=C\CCCC. The van der Waals surface area contributed by atoms with Gasteiger partial charge in [0.2, 0.25) is 0 Å². The Bertz CT molecular complexity index is 1110. The molecule has 0 aromatic rings. The van der Waals surface area contributed by atoms with Crippen LogP contribution in [0.5, 0.6) is 0 Å². The molecule has 0 saturated heterocycles. The van der Waals surface area contributed by atoms with Gasteiger partial charge in [-0.3, -0.25) is 14.4 Å². The summed E-state index contributed by atoms with van der Waals surface area (Å²) >= 11 is 0. The summed E-state index contributed by atoms with van der Waals surface area (Å²) in [5.41, 5.74) is 0. The van der Waals surface area contributed by atoms with Crippen molar-refractivity contribution in [2.45, 2.75) is 194 Å². The van der Waals surface area contributed by atoms with Crippen molar-refractivity contribution in [1.29, 1.82) is 0 Å². The lowest BCUT2D eigenvalue weighted by atomic mass is 10.1. The molecule has 6 nitrogen and oxygen atoms in total. The quantitative estimate of drug-likeness (QED) is 0.0270. The number of ether oxygens (including phenoxy) is 3. The number of carbonyl (C=O) groups excluding carboxylic acids is 3. The smallest absolute Gasteiger partial charge is 0.306 e. The lowest BCUT2D eigenvalue weighted by Crippen LogP contribution is -2.30. The maximum absolute atomic E-state index is 12.7. The van der Waals surface area contributed by atoms with E-state index in [1.54, 1.807) is 0 Å². The first-order chi connectivity index (χ1) is 27.0. The molecule has 312 valence electrons. The topological polar surface area (TPSA) is 78.9 Å². The molecule has 0 aliphatic heterocycles. The molecule has 0 N–H and O–H groups in total. The van der Waals surface area contributed by atoms with Crippen molar-refractivity contribution in [3.05, 3.63) is 85.1 Å². The van der Waals surface area contributed by atoms with Crippen LogP contribution in [0.2, 0.25) is 0 Å². The number of allylic oxidation sites excluding steroid dienone is 14. The van der Waals surface area contributed by atoms with Gasteiger partial charge in [0.25, 0.3) is 0 Å². The van der Waals surface area contributed by atoms with E-state index in [1.807, 2.05) is 0 Å². The second-order valence-corrected chi connectivity index (χ2v) is 14.2. The molecule has 0 bridgehead atoms. The molecule has 0 aromatic heterocycles. The average Bonchev–Trinajstić information content (AvgIpc) is 3.18. The van der Waals surface area contributed by atoms with Crippen molar-refractivity contribution in [3.8, 4) is 0 Å². The van der Waals surface area contributed by atoms with Crippen LogP contribution in [-0.4, -0.2) is 37.2 Å². The van der Waals surface area contributed by atoms with E-state index in [0.717, 1.165) is 103 Å². The number of hydrogen-bond donors (Lipinski definition) is 0. The van der Waals surface area contributed by atoms with Gasteiger partial charge in [-0.1, -0.05) is 170 Å². The summed E-state index contributed by atoms with van der Waals surface area (Å²) in [6.07, 6.45) is 54.4. The van der Waals surface area contributed by atoms with E-state index in [2.05, 4.69) is 106 Å². The highest BCUT2D eigenvalue weighted by atomic mass is 16.6. The van der Waals surface area contributed by atoms with Crippen molar-refractivity contribution in [1.82, 2.24) is 0 Å². The van der Waals surface area contributed by atoms with Crippen LogP contribution in [0.25, 0.3) is 0 Å². The molecule has 0 saturated carbocycles. The summed E-state index contributed by atoms with van der Waals surface area (Å²) in [7, 11) is 0. The number of esters is 3. The van der Waals surface area contributed by atoms with Gasteiger partial charge in [-0.25, -0.2) is 0 Å². The molecule has 0 fully saturated rings. The zero-order valence-electron chi connectivity index (χ0n) is 35.4. The molecule has 1 unspecified atom stereocenters. The lowest BCUT2D eigenvalue weighted by molar-refractivity contribution is -0.167. The Hall–Kier alpha value is -3.41. The van der Waals surface area contributed by atoms with Gasteiger partial charge in [0.05, 0.1) is 0 Å². The highest BCUT2D eigenvalue weighted by molar-refractivity contribution is 5.71. The van der Waals surface area contributed by atoms with Gasteiger partial charge in [-0.2, -0.15) is 0 Å². The molecular weight excluding hydrogens is 685 g/mol. The molecule has 0 aliphatic carbocycles. The number of rotatable bonds is 38. The predicted octanol–water partition coefficient (Wildman–Crippen LogP) is 14.1. The van der Waals surface area contributed by atoms with Crippen molar-refractivity contribution in [2.24, 2.45) is 0 Å². The minimum absolute atomic E-state index is 0.101. The highest BCUT2D eigenvalue weighted by Gasteiger charge is 2.19. The Morgan fingerprint density at radius 2 is 0.745 bits per heavy atom. The van der Waals surface area contributed by atoms with Crippen LogP contribution in [0.4, 0.5) is 0 Å². The van der Waals surface area contributed by atoms with Crippen LogP contribution in [0.15, 0.2) is 85.1 Å². The molecule has 6 heteroatoms. The van der Waals surface area contributed by atoms with Gasteiger partial charge < -0.3 is 14.2 Å². The van der Waals surface area contributed by atoms with Crippen LogP contribution in [0, 0.1) is 0 Å². The van der Waals surface area contributed by atoms with Crippen molar-refractivity contribution < 1.29 is 28.6 Å². The minimum Gasteiger partial charge on any atom is -0.462 e. The molecule has 1 atom stereocenters. The molecule has 0 aliphatic rings. The lowest BCUT2D eigenvalue weighted by Gasteiger charge is -2.18. The van der Waals surface area contributed by atoms with E-state index < -0.39 is 6.10 Å². The molecular formula is C49H80O6. The summed E-state index contributed by atoms with van der Waals surface area (Å²) in [5, 5.41) is 0. The Morgan fingerprint density at radius 3 is 1.24 bits per heavy atom. The van der Waals surface area contributed by atoms with Crippen molar-refractivity contribution >= 4 is 17.9 Å². The first-order valence-corrected chi connectivity index (χ1v) is 22.1. The van der Waals surface area contributed by atoms with Crippen molar-refractivity contribution in [3.63, 3.8) is 0 Å². The number of hydrogen-bond acceptors (Lipinski definition) is 6.